The standard InChI is InChI=1S/C24H40N4O3/c1-25-24(26-12-7-15-31-19-20-10-16-30-17-11-20)27-18-22(28-13-5-6-14-28)21-8-3-4-9-23(21)29-2/h3-4,8-9,20,22H,5-7,10-19H2,1-2H3,(H2,25,26,27). The number of hydrogen-bond donors (Lipinski definition) is 2. The zero-order valence-corrected chi connectivity index (χ0v) is 19.3. The molecule has 2 heterocycles. The lowest BCUT2D eigenvalue weighted by Crippen LogP contribution is -2.43. The molecule has 0 aliphatic carbocycles. The molecule has 7 heteroatoms. The predicted octanol–water partition coefficient (Wildman–Crippen LogP) is 2.83. The van der Waals surface area contributed by atoms with E-state index >= 15 is 0 Å². The number of nitrogens with one attached hydrogen (secondary N) is 2. The van der Waals surface area contributed by atoms with Crippen LogP contribution in [0.5, 0.6) is 5.75 Å². The van der Waals surface area contributed by atoms with Crippen molar-refractivity contribution in [2.24, 2.45) is 10.9 Å². The Bertz CT molecular complexity index is 658. The Balaban J connectivity index is 1.41. The van der Waals surface area contributed by atoms with E-state index in [0.29, 0.717) is 5.92 Å². The average Bonchev–Trinajstić information content (AvgIpc) is 3.35. The molecule has 0 saturated carbocycles. The fourth-order valence-electron chi connectivity index (χ4n) is 4.39. The topological polar surface area (TPSA) is 67.4 Å². The predicted molar refractivity (Wildman–Crippen MR) is 125 cm³/mol. The number of guanidine groups is 1. The maximum atomic E-state index is 5.86. The number of nitrogens with zero attached hydrogens (tertiary/aromatic N) is 2. The van der Waals surface area contributed by atoms with Crippen molar-refractivity contribution >= 4 is 5.96 Å². The van der Waals surface area contributed by atoms with Gasteiger partial charge in [-0.15, -0.1) is 0 Å². The lowest BCUT2D eigenvalue weighted by molar-refractivity contribution is 0.0203. The summed E-state index contributed by atoms with van der Waals surface area (Å²) < 4.78 is 16.9. The zero-order valence-electron chi connectivity index (χ0n) is 19.3. The summed E-state index contributed by atoms with van der Waals surface area (Å²) in [7, 11) is 3.57. The van der Waals surface area contributed by atoms with Gasteiger partial charge in [0, 0.05) is 52.1 Å². The van der Waals surface area contributed by atoms with Crippen LogP contribution >= 0.6 is 0 Å². The Kier molecular flexibility index (Phi) is 10.4. The molecule has 1 aromatic rings. The Hall–Kier alpha value is -1.83. The molecule has 0 aromatic heterocycles. The normalized spacial score (nSPS) is 19.4. The molecule has 0 bridgehead atoms. The minimum Gasteiger partial charge on any atom is -0.496 e. The van der Waals surface area contributed by atoms with Gasteiger partial charge in [-0.05, 0) is 57.2 Å². The number of benzene rings is 1. The van der Waals surface area contributed by atoms with Crippen LogP contribution in [0.15, 0.2) is 29.3 Å². The largest absolute Gasteiger partial charge is 0.496 e. The average molecular weight is 433 g/mol. The molecule has 7 nitrogen and oxygen atoms in total. The van der Waals surface area contributed by atoms with Crippen LogP contribution in [0.4, 0.5) is 0 Å². The third kappa shape index (κ3) is 7.66. The van der Waals surface area contributed by atoms with Gasteiger partial charge in [0.05, 0.1) is 13.2 Å². The number of hydrogen-bond acceptors (Lipinski definition) is 5. The molecule has 2 N–H and O–H groups in total. The maximum absolute atomic E-state index is 5.86. The van der Waals surface area contributed by atoms with Crippen molar-refractivity contribution in [2.75, 3.05) is 66.8 Å². The van der Waals surface area contributed by atoms with Gasteiger partial charge < -0.3 is 24.8 Å². The molecule has 31 heavy (non-hydrogen) atoms. The van der Waals surface area contributed by atoms with E-state index in [1.807, 2.05) is 19.2 Å². The molecule has 2 aliphatic rings. The van der Waals surface area contributed by atoms with Gasteiger partial charge in [0.15, 0.2) is 5.96 Å². The van der Waals surface area contributed by atoms with Crippen LogP contribution in [0.3, 0.4) is 0 Å². The van der Waals surface area contributed by atoms with Gasteiger partial charge in [0.25, 0.3) is 0 Å². The second-order valence-corrected chi connectivity index (χ2v) is 8.36. The van der Waals surface area contributed by atoms with Gasteiger partial charge in [0.2, 0.25) is 0 Å². The van der Waals surface area contributed by atoms with Crippen LogP contribution in [0.25, 0.3) is 0 Å². The molecule has 2 aliphatic heterocycles. The second kappa shape index (κ2) is 13.6. The Morgan fingerprint density at radius 2 is 1.97 bits per heavy atom. The van der Waals surface area contributed by atoms with Crippen molar-refractivity contribution in [3.05, 3.63) is 29.8 Å². The third-order valence-corrected chi connectivity index (χ3v) is 6.22. The summed E-state index contributed by atoms with van der Waals surface area (Å²) in [5.74, 6) is 2.45. The summed E-state index contributed by atoms with van der Waals surface area (Å²) in [5.41, 5.74) is 1.23. The van der Waals surface area contributed by atoms with Crippen LogP contribution in [-0.4, -0.2) is 77.6 Å². The van der Waals surface area contributed by atoms with E-state index in [1.54, 1.807) is 7.11 Å². The highest BCUT2D eigenvalue weighted by atomic mass is 16.5. The first-order valence-corrected chi connectivity index (χ1v) is 11.8. The van der Waals surface area contributed by atoms with Crippen LogP contribution < -0.4 is 15.4 Å². The monoisotopic (exact) mass is 432 g/mol. The fraction of sp³-hybridized carbons (Fsp3) is 0.708. The summed E-state index contributed by atoms with van der Waals surface area (Å²) in [5, 5.41) is 6.95. The van der Waals surface area contributed by atoms with Gasteiger partial charge in [0.1, 0.15) is 5.75 Å². The van der Waals surface area contributed by atoms with Crippen LogP contribution in [0.1, 0.15) is 43.7 Å². The lowest BCUT2D eigenvalue weighted by Gasteiger charge is -2.30. The molecule has 2 saturated heterocycles. The van der Waals surface area contributed by atoms with Crippen molar-refractivity contribution in [1.29, 1.82) is 0 Å². The van der Waals surface area contributed by atoms with Crippen molar-refractivity contribution < 1.29 is 14.2 Å². The van der Waals surface area contributed by atoms with Gasteiger partial charge in [-0.1, -0.05) is 18.2 Å². The first-order valence-electron chi connectivity index (χ1n) is 11.8. The summed E-state index contributed by atoms with van der Waals surface area (Å²) in [4.78, 5) is 6.95. The van der Waals surface area contributed by atoms with Crippen molar-refractivity contribution in [1.82, 2.24) is 15.5 Å². The van der Waals surface area contributed by atoms with Crippen molar-refractivity contribution in [3.63, 3.8) is 0 Å². The highest BCUT2D eigenvalue weighted by Crippen LogP contribution is 2.31. The number of methoxy groups -OCH3 is 1. The lowest BCUT2D eigenvalue weighted by atomic mass is 10.0. The minimum atomic E-state index is 0.264. The fourth-order valence-corrected chi connectivity index (χ4v) is 4.39. The Morgan fingerprint density at radius 3 is 2.71 bits per heavy atom. The van der Waals surface area contributed by atoms with E-state index in [-0.39, 0.29) is 6.04 Å². The summed E-state index contributed by atoms with van der Waals surface area (Å²) >= 11 is 0. The number of para-hydroxylation sites is 1. The SMILES string of the molecule is CN=C(NCCCOCC1CCOCC1)NCC(c1ccccc1OC)N1CCCC1. The molecule has 3 rings (SSSR count). The number of ether oxygens (including phenoxy) is 3. The molecule has 1 unspecified atom stereocenters. The van der Waals surface area contributed by atoms with E-state index in [9.17, 15) is 0 Å². The minimum absolute atomic E-state index is 0.264. The molecule has 1 aromatic carbocycles. The molecular weight excluding hydrogens is 392 g/mol. The quantitative estimate of drug-likeness (QED) is 0.318. The molecule has 0 radical (unpaired) electrons. The summed E-state index contributed by atoms with van der Waals surface area (Å²) in [6, 6.07) is 8.61. The number of likely N-dealkylation sites (tertiary alicyclic amines) is 1. The molecule has 174 valence electrons. The summed E-state index contributed by atoms with van der Waals surface area (Å²) in [6.45, 7) is 7.28. The molecule has 0 spiro atoms. The zero-order chi connectivity index (χ0) is 21.7. The first kappa shape index (κ1) is 23.8. The molecule has 1 atom stereocenters. The third-order valence-electron chi connectivity index (χ3n) is 6.22. The first-order chi connectivity index (χ1) is 15.3. The van der Waals surface area contributed by atoms with Gasteiger partial charge in [-0.25, -0.2) is 0 Å². The van der Waals surface area contributed by atoms with E-state index in [4.69, 9.17) is 14.2 Å². The van der Waals surface area contributed by atoms with Crippen molar-refractivity contribution in [3.8, 4) is 5.75 Å². The van der Waals surface area contributed by atoms with Crippen molar-refractivity contribution in [2.45, 2.75) is 38.1 Å². The molecule has 0 amide bonds. The van der Waals surface area contributed by atoms with Crippen LogP contribution in [0.2, 0.25) is 0 Å². The van der Waals surface area contributed by atoms with Gasteiger partial charge in [-0.3, -0.25) is 9.89 Å². The second-order valence-electron chi connectivity index (χ2n) is 8.36. The van der Waals surface area contributed by atoms with E-state index in [0.717, 1.165) is 83.6 Å². The molecular formula is C24H40N4O3. The van der Waals surface area contributed by atoms with E-state index < -0.39 is 0 Å². The molecule has 2 fully saturated rings. The van der Waals surface area contributed by atoms with Crippen LogP contribution in [-0.2, 0) is 9.47 Å². The van der Waals surface area contributed by atoms with Crippen LogP contribution in [0, 0.1) is 5.92 Å². The number of aliphatic imine (C=N–C) groups is 1. The van der Waals surface area contributed by atoms with E-state index in [2.05, 4.69) is 32.7 Å². The highest BCUT2D eigenvalue weighted by molar-refractivity contribution is 5.79. The summed E-state index contributed by atoms with van der Waals surface area (Å²) in [6.07, 6.45) is 5.73. The van der Waals surface area contributed by atoms with E-state index in [1.165, 1.54) is 18.4 Å². The number of rotatable bonds is 11. The maximum Gasteiger partial charge on any atom is 0.191 e. The Morgan fingerprint density at radius 1 is 1.19 bits per heavy atom. The highest BCUT2D eigenvalue weighted by Gasteiger charge is 2.26. The van der Waals surface area contributed by atoms with Gasteiger partial charge in [-0.2, -0.15) is 0 Å². The smallest absolute Gasteiger partial charge is 0.191 e. The Labute approximate surface area is 187 Å². The van der Waals surface area contributed by atoms with Gasteiger partial charge >= 0.3 is 0 Å².